The van der Waals surface area contributed by atoms with Crippen molar-refractivity contribution in [3.8, 4) is 0 Å². The Hall–Kier alpha value is -0.670. The van der Waals surface area contributed by atoms with Crippen LogP contribution in [0.4, 0.5) is 0 Å². The average Bonchev–Trinajstić information content (AvgIpc) is 2.51. The lowest BCUT2D eigenvalue weighted by Crippen LogP contribution is -2.58. The summed E-state index contributed by atoms with van der Waals surface area (Å²) >= 11 is 0. The third kappa shape index (κ3) is 0.708. The van der Waals surface area contributed by atoms with E-state index in [1.54, 1.807) is 7.11 Å². The summed E-state index contributed by atoms with van der Waals surface area (Å²) in [5.41, 5.74) is -0.355. The monoisotopic (exact) mass is 194 g/mol. The van der Waals surface area contributed by atoms with Gasteiger partial charge in [0.15, 0.2) is 0 Å². The van der Waals surface area contributed by atoms with Gasteiger partial charge < -0.3 is 9.47 Å². The van der Waals surface area contributed by atoms with Crippen LogP contribution in [0.3, 0.4) is 0 Å². The lowest BCUT2D eigenvalue weighted by molar-refractivity contribution is -0.219. The Morgan fingerprint density at radius 3 is 3.14 bits per heavy atom. The summed E-state index contributed by atoms with van der Waals surface area (Å²) < 4.78 is 11.0. The number of ether oxygens (including phenoxy) is 2. The molecule has 0 unspecified atom stereocenters. The minimum Gasteiger partial charge on any atom is -0.346 e. The topological polar surface area (TPSA) is 35.5 Å². The molecule has 0 aromatic rings. The Morgan fingerprint density at radius 2 is 2.43 bits per heavy atom. The number of hydrogen-bond acceptors (Lipinski definition) is 3. The van der Waals surface area contributed by atoms with Gasteiger partial charge >= 0.3 is 0 Å². The van der Waals surface area contributed by atoms with Crippen molar-refractivity contribution in [2.24, 2.45) is 17.3 Å². The van der Waals surface area contributed by atoms with Crippen LogP contribution in [0.15, 0.2) is 12.2 Å². The smallest absolute Gasteiger partial charge is 0.236 e. The third-order valence-corrected chi connectivity index (χ3v) is 3.95. The summed E-state index contributed by atoms with van der Waals surface area (Å²) in [4.78, 5) is 12.2. The first-order valence-corrected chi connectivity index (χ1v) is 5.06. The molecule has 0 aromatic heterocycles. The molecule has 0 aromatic carbocycles. The minimum atomic E-state index is -0.952. The molecule has 4 rings (SSSR count). The maximum Gasteiger partial charge on any atom is 0.236 e. The van der Waals surface area contributed by atoms with Crippen LogP contribution in [0.1, 0.15) is 13.3 Å². The highest BCUT2D eigenvalue weighted by atomic mass is 16.7. The van der Waals surface area contributed by atoms with Crippen molar-refractivity contribution in [1.29, 1.82) is 0 Å². The molecular weight excluding hydrogens is 180 g/mol. The van der Waals surface area contributed by atoms with E-state index in [0.717, 1.165) is 6.42 Å². The van der Waals surface area contributed by atoms with Gasteiger partial charge in [-0.25, -0.2) is 0 Å². The molecule has 0 N–H and O–H groups in total. The SMILES string of the molecule is CO[C@]12OC[C@@H]3C[C@@](C)(C=C[C@H]31)C2=O. The van der Waals surface area contributed by atoms with Gasteiger partial charge in [-0.3, -0.25) is 4.79 Å². The fraction of sp³-hybridized carbons (Fsp3) is 0.727. The Bertz CT molecular complexity index is 335. The molecule has 0 amide bonds. The van der Waals surface area contributed by atoms with Gasteiger partial charge in [-0.15, -0.1) is 0 Å². The van der Waals surface area contributed by atoms with Crippen LogP contribution in [0.2, 0.25) is 0 Å². The van der Waals surface area contributed by atoms with Crippen LogP contribution in [0, 0.1) is 17.3 Å². The van der Waals surface area contributed by atoms with Crippen molar-refractivity contribution >= 4 is 5.78 Å². The van der Waals surface area contributed by atoms with Crippen molar-refractivity contribution in [3.05, 3.63) is 12.2 Å². The lowest BCUT2D eigenvalue weighted by Gasteiger charge is -2.46. The Labute approximate surface area is 83.1 Å². The highest BCUT2D eigenvalue weighted by Gasteiger charge is 2.66. The minimum absolute atomic E-state index is 0.105. The highest BCUT2D eigenvalue weighted by molar-refractivity contribution is 5.96. The van der Waals surface area contributed by atoms with Gasteiger partial charge in [-0.1, -0.05) is 12.2 Å². The van der Waals surface area contributed by atoms with Gasteiger partial charge in [0.25, 0.3) is 0 Å². The second-order valence-corrected chi connectivity index (χ2v) is 4.78. The molecular formula is C11H14O3. The zero-order valence-electron chi connectivity index (χ0n) is 8.45. The van der Waals surface area contributed by atoms with E-state index in [9.17, 15) is 4.79 Å². The van der Waals surface area contributed by atoms with Gasteiger partial charge in [0, 0.05) is 13.0 Å². The van der Waals surface area contributed by atoms with E-state index in [4.69, 9.17) is 9.47 Å². The molecule has 1 saturated carbocycles. The fourth-order valence-electron chi connectivity index (χ4n) is 3.21. The number of methoxy groups -OCH3 is 1. The van der Waals surface area contributed by atoms with Crippen LogP contribution in [0.5, 0.6) is 0 Å². The molecule has 3 heteroatoms. The summed E-state index contributed by atoms with van der Waals surface area (Å²) in [5, 5.41) is 0. The van der Waals surface area contributed by atoms with Crippen molar-refractivity contribution in [3.63, 3.8) is 0 Å². The second kappa shape index (κ2) is 2.28. The van der Waals surface area contributed by atoms with E-state index in [0.29, 0.717) is 12.5 Å². The fourth-order valence-corrected chi connectivity index (χ4v) is 3.21. The Balaban J connectivity index is 2.18. The number of hydrogen-bond donors (Lipinski definition) is 0. The summed E-state index contributed by atoms with van der Waals surface area (Å²) in [6, 6.07) is 0. The molecule has 4 aliphatic rings. The van der Waals surface area contributed by atoms with Crippen molar-refractivity contribution in [2.45, 2.75) is 19.1 Å². The molecule has 3 nitrogen and oxygen atoms in total. The zero-order valence-corrected chi connectivity index (χ0v) is 8.45. The number of rotatable bonds is 1. The predicted octanol–water partition coefficient (Wildman–Crippen LogP) is 1.14. The standard InChI is InChI=1S/C11H14O3/c1-10-4-3-8-7(5-10)6-14-11(8,13-2)9(10)12/h3-4,7-8H,5-6H2,1-2H3/t7-,8+,10+,11-/m0/s1. The third-order valence-electron chi connectivity index (χ3n) is 3.95. The van der Waals surface area contributed by atoms with E-state index in [2.05, 4.69) is 6.08 Å². The van der Waals surface area contributed by atoms with Crippen molar-refractivity contribution in [2.75, 3.05) is 13.7 Å². The maximum absolute atomic E-state index is 12.2. The molecule has 14 heavy (non-hydrogen) atoms. The summed E-state index contributed by atoms with van der Waals surface area (Å²) in [7, 11) is 1.57. The molecule has 2 fully saturated rings. The lowest BCUT2D eigenvalue weighted by atomic mass is 9.59. The normalized spacial score (nSPS) is 54.3. The van der Waals surface area contributed by atoms with Gasteiger partial charge in [-0.2, -0.15) is 0 Å². The highest BCUT2D eigenvalue weighted by Crippen LogP contribution is 2.56. The first-order chi connectivity index (χ1) is 6.62. The average molecular weight is 194 g/mol. The van der Waals surface area contributed by atoms with Crippen LogP contribution in [-0.2, 0) is 14.3 Å². The molecule has 1 aliphatic heterocycles. The first-order valence-electron chi connectivity index (χ1n) is 5.06. The largest absolute Gasteiger partial charge is 0.346 e. The van der Waals surface area contributed by atoms with Gasteiger partial charge in [-0.05, 0) is 19.3 Å². The number of allylic oxidation sites excluding steroid dienone is 1. The molecule has 1 heterocycles. The van der Waals surface area contributed by atoms with Crippen LogP contribution in [-0.4, -0.2) is 25.3 Å². The van der Waals surface area contributed by atoms with Gasteiger partial charge in [0.2, 0.25) is 11.6 Å². The van der Waals surface area contributed by atoms with E-state index in [1.807, 2.05) is 13.0 Å². The molecule has 0 radical (unpaired) electrons. The number of ketones is 1. The van der Waals surface area contributed by atoms with Gasteiger partial charge in [0.1, 0.15) is 0 Å². The Kier molecular flexibility index (Phi) is 1.41. The molecule has 76 valence electrons. The molecule has 1 saturated heterocycles. The van der Waals surface area contributed by atoms with Crippen molar-refractivity contribution in [1.82, 2.24) is 0 Å². The summed E-state index contributed by atoms with van der Waals surface area (Å²) in [5.74, 6) is -0.245. The van der Waals surface area contributed by atoms with E-state index < -0.39 is 5.79 Å². The maximum atomic E-state index is 12.2. The Morgan fingerprint density at radius 1 is 1.64 bits per heavy atom. The molecule has 4 bridgehead atoms. The van der Waals surface area contributed by atoms with E-state index >= 15 is 0 Å². The molecule has 3 aliphatic carbocycles. The number of Topliss-reactive ketones (excluding diaryl/α,β-unsaturated/α-hetero) is 1. The molecule has 0 spiro atoms. The van der Waals surface area contributed by atoms with Crippen LogP contribution < -0.4 is 0 Å². The summed E-state index contributed by atoms with van der Waals surface area (Å²) in [6.45, 7) is 2.64. The van der Waals surface area contributed by atoms with E-state index in [1.165, 1.54) is 0 Å². The number of carbonyl (C=O) groups is 1. The van der Waals surface area contributed by atoms with Gasteiger partial charge in [0.05, 0.1) is 12.0 Å². The molecule has 4 atom stereocenters. The van der Waals surface area contributed by atoms with Crippen molar-refractivity contribution < 1.29 is 14.3 Å². The number of carbonyl (C=O) groups excluding carboxylic acids is 1. The first kappa shape index (κ1) is 8.62. The summed E-state index contributed by atoms with van der Waals surface area (Å²) in [6.07, 6.45) is 5.05. The van der Waals surface area contributed by atoms with Crippen LogP contribution in [0.25, 0.3) is 0 Å². The van der Waals surface area contributed by atoms with E-state index in [-0.39, 0.29) is 17.1 Å². The zero-order chi connectivity index (χ0) is 9.97. The second-order valence-electron chi connectivity index (χ2n) is 4.78. The quantitative estimate of drug-likeness (QED) is 0.587. The van der Waals surface area contributed by atoms with Crippen LogP contribution >= 0.6 is 0 Å². The predicted molar refractivity (Wildman–Crippen MR) is 49.5 cm³/mol.